The second-order valence-corrected chi connectivity index (χ2v) is 4.60. The maximum absolute atomic E-state index is 10.9. The van der Waals surface area contributed by atoms with Gasteiger partial charge in [-0.2, -0.15) is 0 Å². The fourth-order valence-corrected chi connectivity index (χ4v) is 2.05. The molecule has 0 bridgehead atoms. The Morgan fingerprint density at radius 1 is 1.65 bits per heavy atom. The first-order chi connectivity index (χ1) is 9.58. The second kappa shape index (κ2) is 6.29. The van der Waals surface area contributed by atoms with Crippen molar-refractivity contribution in [2.75, 3.05) is 25.1 Å². The topological polar surface area (TPSA) is 115 Å². The summed E-state index contributed by atoms with van der Waals surface area (Å²) in [4.78, 5) is 24.9. The van der Waals surface area contributed by atoms with E-state index in [4.69, 9.17) is 9.84 Å². The summed E-state index contributed by atoms with van der Waals surface area (Å²) < 4.78 is 5.25. The van der Waals surface area contributed by atoms with Gasteiger partial charge in [0.05, 0.1) is 10.5 Å². The Bertz CT molecular complexity index is 514. The second-order valence-electron chi connectivity index (χ2n) is 4.60. The lowest BCUT2D eigenvalue weighted by Gasteiger charge is -2.09. The van der Waals surface area contributed by atoms with Gasteiger partial charge in [0.1, 0.15) is 0 Å². The number of nitrogens with one attached hydrogen (secondary N) is 1. The van der Waals surface area contributed by atoms with E-state index >= 15 is 0 Å². The van der Waals surface area contributed by atoms with Gasteiger partial charge in [-0.05, 0) is 18.8 Å². The van der Waals surface area contributed by atoms with Crippen LogP contribution >= 0.6 is 0 Å². The number of nitro groups is 1. The molecule has 2 rings (SSSR count). The fraction of sp³-hybridized carbons (Fsp3) is 0.500. The normalized spacial score (nSPS) is 17.9. The maximum Gasteiger partial charge on any atom is 0.337 e. The molecule has 8 heteroatoms. The van der Waals surface area contributed by atoms with Crippen LogP contribution in [0.15, 0.2) is 12.3 Å². The Morgan fingerprint density at radius 2 is 2.45 bits per heavy atom. The van der Waals surface area contributed by atoms with Gasteiger partial charge in [-0.25, -0.2) is 9.78 Å². The van der Waals surface area contributed by atoms with Gasteiger partial charge in [0.2, 0.25) is 5.82 Å². The highest BCUT2D eigenvalue weighted by molar-refractivity contribution is 5.88. The smallest absolute Gasteiger partial charge is 0.337 e. The summed E-state index contributed by atoms with van der Waals surface area (Å²) in [5, 5.41) is 22.6. The minimum Gasteiger partial charge on any atom is -0.478 e. The SMILES string of the molecule is O=C(O)c1cnc(NCCC2CCOC2)c([N+](=O)[O-])c1. The Morgan fingerprint density at radius 3 is 3.05 bits per heavy atom. The summed E-state index contributed by atoms with van der Waals surface area (Å²) in [6.45, 7) is 2.01. The summed E-state index contributed by atoms with van der Waals surface area (Å²) in [5.74, 6) is -0.686. The van der Waals surface area contributed by atoms with Crippen molar-refractivity contribution in [1.29, 1.82) is 0 Å². The molecule has 108 valence electrons. The summed E-state index contributed by atoms with van der Waals surface area (Å²) in [6.07, 6.45) is 2.94. The minimum atomic E-state index is -1.24. The highest BCUT2D eigenvalue weighted by Gasteiger charge is 2.20. The molecule has 1 saturated heterocycles. The Kier molecular flexibility index (Phi) is 4.46. The van der Waals surface area contributed by atoms with Crippen molar-refractivity contribution in [3.8, 4) is 0 Å². The van der Waals surface area contributed by atoms with Gasteiger partial charge in [-0.1, -0.05) is 0 Å². The zero-order valence-corrected chi connectivity index (χ0v) is 10.7. The molecule has 0 aliphatic carbocycles. The number of rotatable bonds is 6. The van der Waals surface area contributed by atoms with Crippen LogP contribution in [0.3, 0.4) is 0 Å². The van der Waals surface area contributed by atoms with Gasteiger partial charge in [-0.3, -0.25) is 10.1 Å². The fourth-order valence-electron chi connectivity index (χ4n) is 2.05. The first kappa shape index (κ1) is 14.2. The third kappa shape index (κ3) is 3.41. The van der Waals surface area contributed by atoms with E-state index < -0.39 is 10.9 Å². The molecule has 20 heavy (non-hydrogen) atoms. The molecule has 1 aromatic heterocycles. The van der Waals surface area contributed by atoms with E-state index in [-0.39, 0.29) is 17.1 Å². The quantitative estimate of drug-likeness (QED) is 0.600. The van der Waals surface area contributed by atoms with Gasteiger partial charge in [0.25, 0.3) is 0 Å². The van der Waals surface area contributed by atoms with Crippen LogP contribution in [0.4, 0.5) is 11.5 Å². The molecule has 0 radical (unpaired) electrons. The van der Waals surface area contributed by atoms with Crippen LogP contribution in [-0.4, -0.2) is 40.7 Å². The van der Waals surface area contributed by atoms with Crippen molar-refractivity contribution in [2.45, 2.75) is 12.8 Å². The van der Waals surface area contributed by atoms with Crippen LogP contribution in [0, 0.1) is 16.0 Å². The number of carboxylic acids is 1. The lowest BCUT2D eigenvalue weighted by atomic mass is 10.1. The predicted molar refractivity (Wildman–Crippen MR) is 69.9 cm³/mol. The standard InChI is InChI=1S/C12H15N3O5/c16-12(17)9-5-10(15(18)19)11(14-6-9)13-3-1-8-2-4-20-7-8/h5-6,8H,1-4,7H2,(H,13,14)(H,16,17). The average molecular weight is 281 g/mol. The largest absolute Gasteiger partial charge is 0.478 e. The molecule has 0 saturated carbocycles. The highest BCUT2D eigenvalue weighted by Crippen LogP contribution is 2.23. The molecule has 1 aliphatic heterocycles. The molecular weight excluding hydrogens is 266 g/mol. The van der Waals surface area contributed by atoms with Gasteiger partial charge in [0, 0.05) is 32.0 Å². The molecular formula is C12H15N3O5. The summed E-state index contributed by atoms with van der Waals surface area (Å²) >= 11 is 0. The van der Waals surface area contributed by atoms with Gasteiger partial charge in [0.15, 0.2) is 0 Å². The van der Waals surface area contributed by atoms with Gasteiger partial charge in [-0.15, -0.1) is 0 Å². The van der Waals surface area contributed by atoms with Gasteiger partial charge >= 0.3 is 11.7 Å². The number of carbonyl (C=O) groups is 1. The van der Waals surface area contributed by atoms with E-state index in [1.165, 1.54) is 0 Å². The van der Waals surface area contributed by atoms with Crippen LogP contribution in [0.1, 0.15) is 23.2 Å². The van der Waals surface area contributed by atoms with Crippen molar-refractivity contribution < 1.29 is 19.6 Å². The third-order valence-corrected chi connectivity index (χ3v) is 3.18. The number of anilines is 1. The average Bonchev–Trinajstić information content (AvgIpc) is 2.91. The zero-order valence-electron chi connectivity index (χ0n) is 10.7. The Balaban J connectivity index is 2.02. The van der Waals surface area contributed by atoms with E-state index in [0.29, 0.717) is 12.5 Å². The summed E-state index contributed by atoms with van der Waals surface area (Å²) in [6, 6.07) is 1.01. The molecule has 2 N–H and O–H groups in total. The molecule has 1 unspecified atom stereocenters. The van der Waals surface area contributed by atoms with Crippen molar-refractivity contribution >= 4 is 17.5 Å². The van der Waals surface area contributed by atoms with Gasteiger partial charge < -0.3 is 15.2 Å². The molecule has 1 atom stereocenters. The van der Waals surface area contributed by atoms with Crippen LogP contribution in [-0.2, 0) is 4.74 Å². The van der Waals surface area contributed by atoms with E-state index in [9.17, 15) is 14.9 Å². The van der Waals surface area contributed by atoms with Crippen molar-refractivity contribution in [3.05, 3.63) is 27.9 Å². The number of carboxylic acid groups (broad SMARTS) is 1. The van der Waals surface area contributed by atoms with Crippen molar-refractivity contribution in [1.82, 2.24) is 4.98 Å². The lowest BCUT2D eigenvalue weighted by Crippen LogP contribution is -2.12. The highest BCUT2D eigenvalue weighted by atomic mass is 16.6. The number of hydrogen-bond donors (Lipinski definition) is 2. The first-order valence-corrected chi connectivity index (χ1v) is 6.27. The molecule has 0 aromatic carbocycles. The van der Waals surface area contributed by atoms with E-state index in [1.54, 1.807) is 0 Å². The van der Waals surface area contributed by atoms with Crippen LogP contribution in [0.2, 0.25) is 0 Å². The lowest BCUT2D eigenvalue weighted by molar-refractivity contribution is -0.384. The number of nitrogens with zero attached hydrogens (tertiary/aromatic N) is 2. The molecule has 2 heterocycles. The minimum absolute atomic E-state index is 0.0962. The summed E-state index contributed by atoms with van der Waals surface area (Å²) in [7, 11) is 0. The number of hydrogen-bond acceptors (Lipinski definition) is 6. The van der Waals surface area contributed by atoms with Crippen LogP contribution in [0.5, 0.6) is 0 Å². The number of aromatic carboxylic acids is 1. The molecule has 1 aromatic rings. The number of aromatic nitrogens is 1. The first-order valence-electron chi connectivity index (χ1n) is 6.27. The van der Waals surface area contributed by atoms with E-state index in [1.807, 2.05) is 0 Å². The predicted octanol–water partition coefficient (Wildman–Crippen LogP) is 1.53. The number of pyridine rings is 1. The van der Waals surface area contributed by atoms with E-state index in [2.05, 4.69) is 10.3 Å². The molecule has 1 fully saturated rings. The Hall–Kier alpha value is -2.22. The third-order valence-electron chi connectivity index (χ3n) is 3.18. The number of ether oxygens (including phenoxy) is 1. The van der Waals surface area contributed by atoms with Crippen molar-refractivity contribution in [2.24, 2.45) is 5.92 Å². The molecule has 0 spiro atoms. The molecule has 8 nitrogen and oxygen atoms in total. The molecule has 0 amide bonds. The summed E-state index contributed by atoms with van der Waals surface area (Å²) in [5.41, 5.74) is -0.529. The zero-order chi connectivity index (χ0) is 14.5. The Labute approximate surface area is 114 Å². The van der Waals surface area contributed by atoms with E-state index in [0.717, 1.165) is 38.3 Å². The maximum atomic E-state index is 10.9. The monoisotopic (exact) mass is 281 g/mol. The molecule has 1 aliphatic rings. The van der Waals surface area contributed by atoms with Crippen molar-refractivity contribution in [3.63, 3.8) is 0 Å². The van der Waals surface area contributed by atoms with Crippen LogP contribution in [0.25, 0.3) is 0 Å². The van der Waals surface area contributed by atoms with Crippen LogP contribution < -0.4 is 5.32 Å².